The third-order valence-corrected chi connectivity index (χ3v) is 2.81. The maximum Gasteiger partial charge on any atom is 0.210 e. The number of carbonyl (C=O) groups is 1. The molecule has 1 atom stereocenters. The standard InChI is InChI=1S/C10H15BrN2O2/c1-4-13-8(7(11)5-12-13)10(15)9(14)6(2)3/h5-6,9,14H,4H2,1-3H3. The molecule has 1 N–H and O–H groups in total. The Morgan fingerprint density at radius 3 is 2.73 bits per heavy atom. The number of rotatable bonds is 4. The summed E-state index contributed by atoms with van der Waals surface area (Å²) in [6.07, 6.45) is 0.604. The van der Waals surface area contributed by atoms with Crippen molar-refractivity contribution in [3.63, 3.8) is 0 Å². The lowest BCUT2D eigenvalue weighted by Gasteiger charge is -2.14. The number of Topliss-reactive ketones (excluding diaryl/α,β-unsaturated/α-hetero) is 1. The minimum Gasteiger partial charge on any atom is -0.385 e. The number of ketones is 1. The summed E-state index contributed by atoms with van der Waals surface area (Å²) in [5.41, 5.74) is 0.443. The van der Waals surface area contributed by atoms with Crippen LogP contribution in [0, 0.1) is 5.92 Å². The van der Waals surface area contributed by atoms with Crippen LogP contribution in [0.1, 0.15) is 31.3 Å². The van der Waals surface area contributed by atoms with Crippen molar-refractivity contribution in [3.05, 3.63) is 16.4 Å². The van der Waals surface area contributed by atoms with Crippen molar-refractivity contribution in [1.29, 1.82) is 0 Å². The predicted molar refractivity (Wildman–Crippen MR) is 60.8 cm³/mol. The zero-order valence-corrected chi connectivity index (χ0v) is 10.7. The maximum atomic E-state index is 11.9. The highest BCUT2D eigenvalue weighted by Crippen LogP contribution is 2.19. The van der Waals surface area contributed by atoms with Gasteiger partial charge in [-0.15, -0.1) is 0 Å². The molecule has 1 aromatic heterocycles. The number of hydrogen-bond acceptors (Lipinski definition) is 3. The van der Waals surface area contributed by atoms with Crippen molar-refractivity contribution < 1.29 is 9.90 Å². The van der Waals surface area contributed by atoms with Crippen LogP contribution in [0.15, 0.2) is 10.7 Å². The van der Waals surface area contributed by atoms with E-state index in [1.54, 1.807) is 10.9 Å². The van der Waals surface area contributed by atoms with Crippen molar-refractivity contribution in [2.75, 3.05) is 0 Å². The first-order valence-electron chi connectivity index (χ1n) is 4.92. The zero-order valence-electron chi connectivity index (χ0n) is 9.07. The van der Waals surface area contributed by atoms with Crippen molar-refractivity contribution in [2.24, 2.45) is 5.92 Å². The van der Waals surface area contributed by atoms with Gasteiger partial charge in [-0.3, -0.25) is 9.48 Å². The van der Waals surface area contributed by atoms with Gasteiger partial charge >= 0.3 is 0 Å². The molecule has 0 amide bonds. The van der Waals surface area contributed by atoms with Crippen LogP contribution in [0.3, 0.4) is 0 Å². The van der Waals surface area contributed by atoms with Crippen LogP contribution in [0.25, 0.3) is 0 Å². The first-order chi connectivity index (χ1) is 6.99. The first kappa shape index (κ1) is 12.4. The summed E-state index contributed by atoms with van der Waals surface area (Å²) in [6, 6.07) is 0. The van der Waals surface area contributed by atoms with E-state index in [0.717, 1.165) is 0 Å². The molecular weight excluding hydrogens is 260 g/mol. The summed E-state index contributed by atoms with van der Waals surface area (Å²) in [4.78, 5) is 11.9. The van der Waals surface area contributed by atoms with Gasteiger partial charge in [-0.05, 0) is 28.8 Å². The van der Waals surface area contributed by atoms with E-state index < -0.39 is 6.10 Å². The molecule has 0 aliphatic rings. The molecule has 15 heavy (non-hydrogen) atoms. The molecule has 0 aliphatic heterocycles. The number of aryl methyl sites for hydroxylation is 1. The molecule has 4 nitrogen and oxygen atoms in total. The average molecular weight is 275 g/mol. The van der Waals surface area contributed by atoms with Crippen molar-refractivity contribution >= 4 is 21.7 Å². The highest BCUT2D eigenvalue weighted by molar-refractivity contribution is 9.10. The number of aliphatic hydroxyl groups is 1. The number of aliphatic hydroxyl groups excluding tert-OH is 1. The average Bonchev–Trinajstić information content (AvgIpc) is 2.57. The minimum absolute atomic E-state index is 0.0930. The van der Waals surface area contributed by atoms with E-state index in [1.807, 2.05) is 20.8 Å². The Morgan fingerprint density at radius 1 is 1.67 bits per heavy atom. The Hall–Kier alpha value is -0.680. The SMILES string of the molecule is CCn1ncc(Br)c1C(=O)C(O)C(C)C. The maximum absolute atomic E-state index is 11.9. The Balaban J connectivity index is 3.04. The molecule has 1 aromatic rings. The normalized spacial score (nSPS) is 13.2. The number of nitrogens with zero attached hydrogens (tertiary/aromatic N) is 2. The van der Waals surface area contributed by atoms with E-state index in [2.05, 4.69) is 21.0 Å². The van der Waals surface area contributed by atoms with E-state index in [-0.39, 0.29) is 11.7 Å². The summed E-state index contributed by atoms with van der Waals surface area (Å²) in [6.45, 7) is 6.13. The second kappa shape index (κ2) is 4.90. The molecule has 0 aromatic carbocycles. The van der Waals surface area contributed by atoms with Crippen molar-refractivity contribution in [1.82, 2.24) is 9.78 Å². The number of halogens is 1. The molecule has 0 aliphatic carbocycles. The first-order valence-corrected chi connectivity index (χ1v) is 5.71. The number of hydrogen-bond donors (Lipinski definition) is 1. The number of aromatic nitrogens is 2. The quantitative estimate of drug-likeness (QED) is 0.853. The summed E-state index contributed by atoms with van der Waals surface area (Å²) in [5.74, 6) is -0.374. The fraction of sp³-hybridized carbons (Fsp3) is 0.600. The Morgan fingerprint density at radius 2 is 2.27 bits per heavy atom. The second-order valence-corrected chi connectivity index (χ2v) is 4.56. The third kappa shape index (κ3) is 2.46. The minimum atomic E-state index is -0.969. The van der Waals surface area contributed by atoms with Gasteiger partial charge in [0.05, 0.1) is 10.7 Å². The Bertz CT molecular complexity index is 360. The molecule has 0 radical (unpaired) electrons. The van der Waals surface area contributed by atoms with Gasteiger partial charge in [-0.2, -0.15) is 5.10 Å². The molecule has 5 heteroatoms. The van der Waals surface area contributed by atoms with Gasteiger partial charge in [0.1, 0.15) is 11.8 Å². The van der Waals surface area contributed by atoms with Crippen LogP contribution in [0.2, 0.25) is 0 Å². The van der Waals surface area contributed by atoms with Crippen LogP contribution in [0.5, 0.6) is 0 Å². The predicted octanol–water partition coefficient (Wildman–Crippen LogP) is 1.87. The molecule has 1 unspecified atom stereocenters. The molecule has 84 valence electrons. The van der Waals surface area contributed by atoms with Gasteiger partial charge in [0.2, 0.25) is 5.78 Å². The van der Waals surface area contributed by atoms with Gasteiger partial charge < -0.3 is 5.11 Å². The monoisotopic (exact) mass is 274 g/mol. The summed E-state index contributed by atoms with van der Waals surface area (Å²) in [5, 5.41) is 13.7. The van der Waals surface area contributed by atoms with E-state index in [1.165, 1.54) is 0 Å². The summed E-state index contributed by atoms with van der Waals surface area (Å²) in [7, 11) is 0. The van der Waals surface area contributed by atoms with Crippen LogP contribution < -0.4 is 0 Å². The lowest BCUT2D eigenvalue weighted by molar-refractivity contribution is 0.0635. The van der Waals surface area contributed by atoms with Crippen molar-refractivity contribution in [3.8, 4) is 0 Å². The smallest absolute Gasteiger partial charge is 0.210 e. The van der Waals surface area contributed by atoms with Crippen LogP contribution >= 0.6 is 15.9 Å². The lowest BCUT2D eigenvalue weighted by atomic mass is 10.0. The Kier molecular flexibility index (Phi) is 4.04. The zero-order chi connectivity index (χ0) is 11.6. The highest BCUT2D eigenvalue weighted by Gasteiger charge is 2.25. The second-order valence-electron chi connectivity index (χ2n) is 3.71. The molecule has 0 saturated carbocycles. The van der Waals surface area contributed by atoms with Crippen LogP contribution in [0.4, 0.5) is 0 Å². The fourth-order valence-electron chi connectivity index (χ4n) is 1.29. The van der Waals surface area contributed by atoms with Gasteiger partial charge in [0.25, 0.3) is 0 Å². The van der Waals surface area contributed by atoms with Gasteiger partial charge in [0, 0.05) is 6.54 Å². The Labute approximate surface area is 97.4 Å². The van der Waals surface area contributed by atoms with Crippen LogP contribution in [-0.2, 0) is 6.54 Å². The third-order valence-electron chi connectivity index (χ3n) is 2.23. The topological polar surface area (TPSA) is 55.1 Å². The van der Waals surface area contributed by atoms with E-state index in [9.17, 15) is 9.90 Å². The molecule has 1 heterocycles. The summed E-state index contributed by atoms with van der Waals surface area (Å²) >= 11 is 3.26. The largest absolute Gasteiger partial charge is 0.385 e. The van der Waals surface area contributed by atoms with E-state index in [0.29, 0.717) is 16.7 Å². The van der Waals surface area contributed by atoms with Gasteiger partial charge in [-0.25, -0.2) is 0 Å². The van der Waals surface area contributed by atoms with E-state index in [4.69, 9.17) is 0 Å². The molecular formula is C10H15BrN2O2. The lowest BCUT2D eigenvalue weighted by Crippen LogP contribution is -2.28. The fourth-order valence-corrected chi connectivity index (χ4v) is 1.78. The van der Waals surface area contributed by atoms with Gasteiger partial charge in [-0.1, -0.05) is 13.8 Å². The summed E-state index contributed by atoms with van der Waals surface area (Å²) < 4.78 is 2.21. The molecule has 0 spiro atoms. The molecule has 0 saturated heterocycles. The van der Waals surface area contributed by atoms with Crippen molar-refractivity contribution in [2.45, 2.75) is 33.4 Å². The molecule has 1 rings (SSSR count). The molecule has 0 bridgehead atoms. The highest BCUT2D eigenvalue weighted by atomic mass is 79.9. The van der Waals surface area contributed by atoms with Gasteiger partial charge in [0.15, 0.2) is 0 Å². The molecule has 0 fully saturated rings. The van der Waals surface area contributed by atoms with Crippen LogP contribution in [-0.4, -0.2) is 26.8 Å². The number of carbonyl (C=O) groups excluding carboxylic acids is 1. The van der Waals surface area contributed by atoms with E-state index >= 15 is 0 Å².